The summed E-state index contributed by atoms with van der Waals surface area (Å²) in [6, 6.07) is 0.790. The van der Waals surface area contributed by atoms with Crippen LogP contribution in [0.3, 0.4) is 0 Å². The van der Waals surface area contributed by atoms with E-state index in [9.17, 15) is 4.79 Å². The highest BCUT2D eigenvalue weighted by Crippen LogP contribution is 2.40. The van der Waals surface area contributed by atoms with Crippen molar-refractivity contribution in [3.05, 3.63) is 23.4 Å². The van der Waals surface area contributed by atoms with Gasteiger partial charge in [-0.3, -0.25) is 9.48 Å². The van der Waals surface area contributed by atoms with E-state index in [-0.39, 0.29) is 5.91 Å². The van der Waals surface area contributed by atoms with Crippen molar-refractivity contribution in [2.45, 2.75) is 65.1 Å². The Balaban J connectivity index is 1.53. The monoisotopic (exact) mass is 433 g/mol. The number of carbonyl (C=O) groups is 1. The van der Waals surface area contributed by atoms with Crippen LogP contribution in [-0.4, -0.2) is 57.2 Å². The Labute approximate surface area is 185 Å². The van der Waals surface area contributed by atoms with Crippen molar-refractivity contribution in [3.8, 4) is 0 Å². The van der Waals surface area contributed by atoms with Crippen LogP contribution in [0.15, 0.2) is 6.33 Å². The molecule has 0 bridgehead atoms. The molecule has 2 N–H and O–H groups in total. The first-order valence-corrected chi connectivity index (χ1v) is 11.3. The topological polar surface area (TPSA) is 110 Å². The summed E-state index contributed by atoms with van der Waals surface area (Å²) in [6.07, 6.45) is 6.11. The van der Waals surface area contributed by atoms with Crippen molar-refractivity contribution in [1.82, 2.24) is 39.2 Å². The zero-order chi connectivity index (χ0) is 22.1. The molecule has 10 heteroatoms. The maximum atomic E-state index is 13.8. The summed E-state index contributed by atoms with van der Waals surface area (Å²) >= 11 is 0. The highest BCUT2D eigenvalue weighted by Gasteiger charge is 2.43. The van der Waals surface area contributed by atoms with E-state index in [1.165, 1.54) is 0 Å². The van der Waals surface area contributed by atoms with Gasteiger partial charge in [0.15, 0.2) is 5.82 Å². The fraction of sp³-hybridized carbons (Fsp3) is 0.500. The van der Waals surface area contributed by atoms with E-state index >= 15 is 0 Å². The molecule has 2 saturated carbocycles. The predicted molar refractivity (Wildman–Crippen MR) is 121 cm³/mol. The van der Waals surface area contributed by atoms with Crippen LogP contribution in [0.2, 0.25) is 0 Å². The van der Waals surface area contributed by atoms with E-state index in [1.807, 2.05) is 25.5 Å². The van der Waals surface area contributed by atoms with Gasteiger partial charge >= 0.3 is 0 Å². The van der Waals surface area contributed by atoms with E-state index in [4.69, 9.17) is 4.98 Å². The number of hydrogen-bond acceptors (Lipinski definition) is 6. The zero-order valence-electron chi connectivity index (χ0n) is 18.8. The van der Waals surface area contributed by atoms with E-state index < -0.39 is 0 Å². The Morgan fingerprint density at radius 1 is 1.22 bits per heavy atom. The third kappa shape index (κ3) is 2.81. The smallest absolute Gasteiger partial charge is 0.271 e. The van der Waals surface area contributed by atoms with Crippen molar-refractivity contribution < 1.29 is 4.79 Å². The molecule has 0 radical (unpaired) electrons. The molecular weight excluding hydrogens is 406 g/mol. The lowest BCUT2D eigenvalue weighted by molar-refractivity contribution is 0.0718. The number of amides is 1. The van der Waals surface area contributed by atoms with Gasteiger partial charge in [-0.05, 0) is 52.0 Å². The average molecular weight is 434 g/mol. The second kappa shape index (κ2) is 6.78. The van der Waals surface area contributed by atoms with Gasteiger partial charge in [0.1, 0.15) is 28.2 Å². The quantitative estimate of drug-likeness (QED) is 0.483. The van der Waals surface area contributed by atoms with Crippen LogP contribution in [0.5, 0.6) is 0 Å². The van der Waals surface area contributed by atoms with Gasteiger partial charge in [-0.25, -0.2) is 9.97 Å². The van der Waals surface area contributed by atoms with Crippen LogP contribution in [0.1, 0.15) is 54.5 Å². The first-order valence-electron chi connectivity index (χ1n) is 11.3. The molecule has 166 valence electrons. The summed E-state index contributed by atoms with van der Waals surface area (Å²) in [4.78, 5) is 33.1. The fourth-order valence-corrected chi connectivity index (χ4v) is 4.71. The first kappa shape index (κ1) is 19.3. The molecule has 32 heavy (non-hydrogen) atoms. The van der Waals surface area contributed by atoms with E-state index in [0.717, 1.165) is 64.8 Å². The van der Waals surface area contributed by atoms with Crippen LogP contribution in [0.4, 0.5) is 11.8 Å². The molecule has 0 aromatic carbocycles. The van der Waals surface area contributed by atoms with Gasteiger partial charge in [-0.1, -0.05) is 0 Å². The molecule has 1 amide bonds. The van der Waals surface area contributed by atoms with E-state index in [0.29, 0.717) is 30.4 Å². The van der Waals surface area contributed by atoms with Crippen LogP contribution < -0.4 is 5.32 Å². The summed E-state index contributed by atoms with van der Waals surface area (Å²) in [7, 11) is 1.85. The SMILES string of the molecule is CCn1c(C(=O)N(C2CC2)C2CC2)c(C)c2c3nc[nH]c3c(Nc3nc(C)n(C)n3)nc21. The largest absolute Gasteiger partial charge is 0.342 e. The summed E-state index contributed by atoms with van der Waals surface area (Å²) in [5, 5.41) is 8.56. The molecule has 0 saturated heterocycles. The summed E-state index contributed by atoms with van der Waals surface area (Å²) in [6.45, 7) is 6.63. The van der Waals surface area contributed by atoms with Gasteiger partial charge in [0.25, 0.3) is 5.91 Å². The number of imidazole rings is 1. The lowest BCUT2D eigenvalue weighted by Crippen LogP contribution is -2.36. The Hall–Kier alpha value is -3.43. The summed E-state index contributed by atoms with van der Waals surface area (Å²) in [5.41, 5.74) is 4.02. The van der Waals surface area contributed by atoms with Crippen LogP contribution >= 0.6 is 0 Å². The van der Waals surface area contributed by atoms with Crippen molar-refractivity contribution in [1.29, 1.82) is 0 Å². The number of fused-ring (bicyclic) bond motifs is 3. The maximum absolute atomic E-state index is 13.8. The van der Waals surface area contributed by atoms with Gasteiger partial charge in [0, 0.05) is 25.7 Å². The predicted octanol–water partition coefficient (Wildman–Crippen LogP) is 3.19. The number of rotatable bonds is 6. The third-order valence-corrected chi connectivity index (χ3v) is 6.65. The first-order chi connectivity index (χ1) is 15.5. The Kier molecular flexibility index (Phi) is 4.08. The third-order valence-electron chi connectivity index (χ3n) is 6.65. The second-order valence-electron chi connectivity index (χ2n) is 8.91. The van der Waals surface area contributed by atoms with Crippen molar-refractivity contribution in [3.63, 3.8) is 0 Å². The van der Waals surface area contributed by atoms with Gasteiger partial charge in [-0.2, -0.15) is 4.98 Å². The molecular formula is C22H27N9O. The highest BCUT2D eigenvalue weighted by molar-refractivity contribution is 6.12. The van der Waals surface area contributed by atoms with E-state index in [2.05, 4.69) is 37.2 Å². The zero-order valence-corrected chi connectivity index (χ0v) is 18.8. The molecule has 0 unspecified atom stereocenters. The van der Waals surface area contributed by atoms with Crippen molar-refractivity contribution >= 4 is 39.7 Å². The minimum absolute atomic E-state index is 0.132. The van der Waals surface area contributed by atoms with Crippen LogP contribution in [0, 0.1) is 13.8 Å². The molecule has 2 fully saturated rings. The Morgan fingerprint density at radius 2 is 1.94 bits per heavy atom. The molecule has 4 aromatic rings. The molecule has 2 aliphatic carbocycles. The fourth-order valence-electron chi connectivity index (χ4n) is 4.71. The number of H-pyrrole nitrogens is 1. The maximum Gasteiger partial charge on any atom is 0.271 e. The number of hydrogen-bond donors (Lipinski definition) is 2. The van der Waals surface area contributed by atoms with Gasteiger partial charge < -0.3 is 19.8 Å². The number of nitrogens with zero attached hydrogens (tertiary/aromatic N) is 7. The van der Waals surface area contributed by atoms with Crippen LogP contribution in [0.25, 0.3) is 22.1 Å². The van der Waals surface area contributed by atoms with Gasteiger partial charge in [-0.15, -0.1) is 5.10 Å². The Morgan fingerprint density at radius 3 is 2.53 bits per heavy atom. The molecule has 4 heterocycles. The minimum Gasteiger partial charge on any atom is -0.342 e. The molecule has 4 aromatic heterocycles. The van der Waals surface area contributed by atoms with Gasteiger partial charge in [0.05, 0.1) is 11.7 Å². The lowest BCUT2D eigenvalue weighted by atomic mass is 10.1. The number of pyridine rings is 1. The molecule has 0 spiro atoms. The minimum atomic E-state index is 0.132. The van der Waals surface area contributed by atoms with Crippen LogP contribution in [-0.2, 0) is 13.6 Å². The number of anilines is 2. The number of carbonyl (C=O) groups excluding carboxylic acids is 1. The summed E-state index contributed by atoms with van der Waals surface area (Å²) < 4.78 is 3.76. The number of aryl methyl sites for hydroxylation is 4. The second-order valence-corrected chi connectivity index (χ2v) is 8.91. The van der Waals surface area contributed by atoms with Crippen molar-refractivity contribution in [2.24, 2.45) is 7.05 Å². The molecule has 10 nitrogen and oxygen atoms in total. The number of nitrogens with one attached hydrogen (secondary N) is 2. The molecule has 0 atom stereocenters. The summed E-state index contributed by atoms with van der Waals surface area (Å²) in [5.74, 6) is 2.01. The average Bonchev–Trinajstić information content (AvgIpc) is 3.67. The number of aromatic amines is 1. The molecule has 6 rings (SSSR count). The van der Waals surface area contributed by atoms with Gasteiger partial charge in [0.2, 0.25) is 5.95 Å². The van der Waals surface area contributed by atoms with Crippen molar-refractivity contribution in [2.75, 3.05) is 5.32 Å². The molecule has 2 aliphatic rings. The normalized spacial score (nSPS) is 16.2. The lowest BCUT2D eigenvalue weighted by Gasteiger charge is -2.23. The number of aromatic nitrogens is 7. The highest BCUT2D eigenvalue weighted by atomic mass is 16.2. The standard InChI is InChI=1S/C22H27N9O/c1-5-30-18(21(32)31(13-6-7-13)14-8-9-14)11(2)15-16-17(24-10-23-16)19(26-20(15)30)27-22-25-12(3)29(4)28-22/h10,13-14H,5-9H2,1-4H3,(H,23,24)(H,26,27,28). The Bertz CT molecular complexity index is 1340. The van der Waals surface area contributed by atoms with E-state index in [1.54, 1.807) is 11.0 Å². The molecule has 0 aliphatic heterocycles.